The average Bonchev–Trinajstić information content (AvgIpc) is 3.19. The molecular weight excluding hydrogens is 492 g/mol. The van der Waals surface area contributed by atoms with E-state index in [2.05, 4.69) is 39.5 Å². The van der Waals surface area contributed by atoms with E-state index in [1.165, 1.54) is 22.3 Å². The Labute approximate surface area is 235 Å². The first-order valence-electron chi connectivity index (χ1n) is 13.2. The molecule has 216 valence electrons. The van der Waals surface area contributed by atoms with Gasteiger partial charge in [0.2, 0.25) is 0 Å². The van der Waals surface area contributed by atoms with E-state index in [0.29, 0.717) is 18.6 Å². The first kappa shape index (κ1) is 33.7. The fourth-order valence-electron chi connectivity index (χ4n) is 4.66. The van der Waals surface area contributed by atoms with E-state index in [4.69, 9.17) is 14.6 Å². The van der Waals surface area contributed by atoms with Crippen molar-refractivity contribution in [3.05, 3.63) is 69.8 Å². The molecule has 39 heavy (non-hydrogen) atoms. The molecule has 2 heterocycles. The molecule has 0 bridgehead atoms. The summed E-state index contributed by atoms with van der Waals surface area (Å²) in [4.78, 5) is 21.3. The van der Waals surface area contributed by atoms with E-state index in [1.54, 1.807) is 12.1 Å². The van der Waals surface area contributed by atoms with Gasteiger partial charge >= 0.3 is 11.9 Å². The van der Waals surface area contributed by atoms with Crippen LogP contribution in [0, 0.1) is 41.5 Å². The third-order valence-electron chi connectivity index (χ3n) is 7.62. The van der Waals surface area contributed by atoms with E-state index in [-0.39, 0.29) is 31.0 Å². The Bertz CT molecular complexity index is 1170. The number of carbonyl (C=O) groups is 2. The normalized spacial score (nSPS) is 21.0. The summed E-state index contributed by atoms with van der Waals surface area (Å²) in [7, 11) is 0. The van der Waals surface area contributed by atoms with Gasteiger partial charge in [-0.3, -0.25) is 9.59 Å². The van der Waals surface area contributed by atoms with Gasteiger partial charge in [-0.2, -0.15) is 0 Å². The van der Waals surface area contributed by atoms with Crippen LogP contribution in [0.25, 0.3) is 0 Å². The highest BCUT2D eigenvalue weighted by Gasteiger charge is 2.34. The van der Waals surface area contributed by atoms with Crippen LogP contribution in [0.15, 0.2) is 30.9 Å². The predicted molar refractivity (Wildman–Crippen MR) is 158 cm³/mol. The Kier molecular flexibility index (Phi) is 11.8. The molecule has 2 aliphatic rings. The van der Waals surface area contributed by atoms with E-state index < -0.39 is 5.97 Å². The van der Waals surface area contributed by atoms with Crippen LogP contribution in [0.1, 0.15) is 92.3 Å². The molecule has 1 saturated heterocycles. The lowest BCUT2D eigenvalue weighted by Crippen LogP contribution is -2.37. The van der Waals surface area contributed by atoms with Gasteiger partial charge in [0.25, 0.3) is 0 Å². The van der Waals surface area contributed by atoms with Crippen LogP contribution in [-0.4, -0.2) is 33.4 Å². The van der Waals surface area contributed by atoms with Gasteiger partial charge in [-0.25, -0.2) is 0 Å². The Balaban J connectivity index is 0.000000321. The number of phenols is 1. The maximum absolute atomic E-state index is 10.7. The summed E-state index contributed by atoms with van der Waals surface area (Å²) in [6.07, 6.45) is 5.56. The minimum absolute atomic E-state index is 0. The number of aromatic hydroxyl groups is 1. The van der Waals surface area contributed by atoms with E-state index in [0.717, 1.165) is 41.7 Å². The monoisotopic (exact) mass is 540 g/mol. The lowest BCUT2D eigenvalue weighted by atomic mass is 9.85. The zero-order chi connectivity index (χ0) is 28.8. The Morgan fingerprint density at radius 3 is 2.05 bits per heavy atom. The number of rotatable bonds is 4. The molecule has 0 saturated carbocycles. The lowest BCUT2D eigenvalue weighted by molar-refractivity contribution is -0.144. The highest BCUT2D eigenvalue weighted by atomic mass is 16.6. The lowest BCUT2D eigenvalue weighted by Gasteiger charge is -2.37. The third kappa shape index (κ3) is 9.15. The van der Waals surface area contributed by atoms with Crippen molar-refractivity contribution >= 4 is 11.9 Å². The average molecular weight is 541 g/mol. The van der Waals surface area contributed by atoms with Crippen LogP contribution in [-0.2, 0) is 20.7 Å². The molecule has 2 atom stereocenters. The maximum atomic E-state index is 10.7. The zero-order valence-electron chi connectivity index (χ0n) is 24.3. The van der Waals surface area contributed by atoms with Gasteiger partial charge in [0.05, 0.1) is 0 Å². The smallest absolute Gasteiger partial charge is 0.306 e. The topological polar surface area (TPSA) is 93.1 Å². The van der Waals surface area contributed by atoms with Gasteiger partial charge in [-0.1, -0.05) is 26.1 Å². The van der Waals surface area contributed by atoms with Crippen molar-refractivity contribution in [2.45, 2.75) is 113 Å². The second-order valence-electron chi connectivity index (χ2n) is 11.1. The van der Waals surface area contributed by atoms with Crippen LogP contribution in [0.5, 0.6) is 11.5 Å². The predicted octanol–water partition coefficient (Wildman–Crippen LogP) is 7.78. The molecule has 2 aromatic carbocycles. The number of cyclic esters (lactones) is 1. The Morgan fingerprint density at radius 2 is 1.56 bits per heavy atom. The van der Waals surface area contributed by atoms with Gasteiger partial charge in [0.15, 0.2) is 0 Å². The first-order valence-corrected chi connectivity index (χ1v) is 13.2. The zero-order valence-corrected chi connectivity index (χ0v) is 24.3. The van der Waals surface area contributed by atoms with Crippen LogP contribution in [0.4, 0.5) is 0 Å². The standard InChI is InChI=1S/C16H22O3.C9H12O.C7H10O2.CH4/c1-10-9-11(2)13-5-7-16(4,8-6-14(17)18)19-15(13)12(10)3;1-6-4-7(2)8(3)9(10)5-6;1-3-7(2)5-4-6(8)9-7;/h9H,5-8H2,1-4H3,(H,17,18);4-5,10H,1-3H3;3H,1,4-5H2,2H3;1H4. The van der Waals surface area contributed by atoms with Crippen molar-refractivity contribution in [3.63, 3.8) is 0 Å². The highest BCUT2D eigenvalue weighted by molar-refractivity contribution is 5.72. The largest absolute Gasteiger partial charge is 0.508 e. The van der Waals surface area contributed by atoms with Crippen LogP contribution >= 0.6 is 0 Å². The molecule has 0 spiro atoms. The number of esters is 1. The summed E-state index contributed by atoms with van der Waals surface area (Å²) in [6, 6.07) is 6.05. The molecular formula is C33H48O6. The van der Waals surface area contributed by atoms with Crippen molar-refractivity contribution in [3.8, 4) is 11.5 Å². The maximum Gasteiger partial charge on any atom is 0.306 e. The number of hydrogen-bond donors (Lipinski definition) is 2. The molecule has 6 nitrogen and oxygen atoms in total. The van der Waals surface area contributed by atoms with Gasteiger partial charge in [0.1, 0.15) is 22.7 Å². The highest BCUT2D eigenvalue weighted by Crippen LogP contribution is 2.40. The molecule has 0 radical (unpaired) electrons. The second kappa shape index (κ2) is 13.7. The molecule has 6 heteroatoms. The summed E-state index contributed by atoms with van der Waals surface area (Å²) in [5, 5.41) is 18.1. The summed E-state index contributed by atoms with van der Waals surface area (Å²) in [5.74, 6) is 0.513. The molecule has 0 aliphatic carbocycles. The number of carboxylic acids is 1. The summed E-state index contributed by atoms with van der Waals surface area (Å²) in [5.41, 5.74) is 7.49. The number of benzene rings is 2. The number of hydrogen-bond acceptors (Lipinski definition) is 5. The van der Waals surface area contributed by atoms with Crippen molar-refractivity contribution in [1.29, 1.82) is 0 Å². The minimum Gasteiger partial charge on any atom is -0.508 e. The number of phenolic OH excluding ortho intramolecular Hbond substituents is 1. The number of carboxylic acid groups (broad SMARTS) is 1. The second-order valence-corrected chi connectivity index (χ2v) is 11.1. The third-order valence-corrected chi connectivity index (χ3v) is 7.62. The molecule has 4 rings (SSSR count). The molecule has 0 amide bonds. The van der Waals surface area contributed by atoms with Gasteiger partial charge < -0.3 is 19.7 Å². The molecule has 0 aromatic heterocycles. The number of aryl methyl sites for hydroxylation is 4. The van der Waals surface area contributed by atoms with Crippen molar-refractivity contribution in [2.24, 2.45) is 0 Å². The van der Waals surface area contributed by atoms with E-state index in [1.807, 2.05) is 34.6 Å². The molecule has 2 aliphatic heterocycles. The van der Waals surface area contributed by atoms with Crippen molar-refractivity contribution in [1.82, 2.24) is 0 Å². The fraction of sp³-hybridized carbons (Fsp3) is 0.515. The number of carbonyl (C=O) groups excluding carboxylic acids is 1. The number of aliphatic carboxylic acids is 1. The van der Waals surface area contributed by atoms with Crippen LogP contribution in [0.3, 0.4) is 0 Å². The summed E-state index contributed by atoms with van der Waals surface area (Å²) >= 11 is 0. The number of fused-ring (bicyclic) bond motifs is 1. The van der Waals surface area contributed by atoms with Gasteiger partial charge in [-0.15, -0.1) is 0 Å². The van der Waals surface area contributed by atoms with E-state index in [9.17, 15) is 14.7 Å². The minimum atomic E-state index is -0.757. The quantitative estimate of drug-likeness (QED) is 0.304. The fourth-order valence-corrected chi connectivity index (χ4v) is 4.66. The SMILES string of the molecule is C.C=CC1(C)CCC(=O)O1.Cc1cc(C)c(C)c(O)c1.Cc1cc(C)c2c(c1C)OC(C)(CCC(=O)O)CC2. The summed E-state index contributed by atoms with van der Waals surface area (Å²) < 4.78 is 11.1. The van der Waals surface area contributed by atoms with Crippen LogP contribution < -0.4 is 4.74 Å². The van der Waals surface area contributed by atoms with Gasteiger partial charge in [0, 0.05) is 19.3 Å². The molecule has 2 unspecified atom stereocenters. The molecule has 1 fully saturated rings. The van der Waals surface area contributed by atoms with E-state index >= 15 is 0 Å². The molecule has 2 aromatic rings. The van der Waals surface area contributed by atoms with Crippen molar-refractivity contribution < 1.29 is 29.3 Å². The first-order chi connectivity index (χ1) is 17.6. The Hall–Kier alpha value is -3.28. The Morgan fingerprint density at radius 1 is 0.949 bits per heavy atom. The number of ether oxygens (including phenoxy) is 2. The van der Waals surface area contributed by atoms with Gasteiger partial charge in [-0.05, 0) is 126 Å². The van der Waals surface area contributed by atoms with Crippen LogP contribution in [0.2, 0.25) is 0 Å². The molecule has 2 N–H and O–H groups in total. The van der Waals surface area contributed by atoms with Crippen molar-refractivity contribution in [2.75, 3.05) is 0 Å². The summed E-state index contributed by atoms with van der Waals surface area (Å²) in [6.45, 7) is 19.7.